The van der Waals surface area contributed by atoms with Crippen LogP contribution in [0.15, 0.2) is 18.2 Å². The second-order valence-electron chi connectivity index (χ2n) is 5.57. The molecule has 3 amide bonds. The number of amides is 3. The van der Waals surface area contributed by atoms with Gasteiger partial charge >= 0.3 is 6.03 Å². The van der Waals surface area contributed by atoms with E-state index in [1.165, 1.54) is 6.07 Å². The van der Waals surface area contributed by atoms with Crippen LogP contribution in [0.5, 0.6) is 5.75 Å². The van der Waals surface area contributed by atoms with Crippen molar-refractivity contribution in [3.05, 3.63) is 28.2 Å². The maximum atomic E-state index is 11.7. The van der Waals surface area contributed by atoms with Gasteiger partial charge in [0.1, 0.15) is 5.75 Å². The van der Waals surface area contributed by atoms with Crippen molar-refractivity contribution in [1.82, 2.24) is 16.0 Å². The first-order valence-electron chi connectivity index (χ1n) is 6.57. The number of hydrogen-bond donors (Lipinski definition) is 3. The van der Waals surface area contributed by atoms with Gasteiger partial charge in [0.25, 0.3) is 5.91 Å². The van der Waals surface area contributed by atoms with Crippen LogP contribution in [0, 0.1) is 0 Å². The van der Waals surface area contributed by atoms with E-state index in [4.69, 9.17) is 40.2 Å². The fraction of sp³-hybridized carbons (Fsp3) is 0.357. The molecule has 0 unspecified atom stereocenters. The Morgan fingerprint density at radius 2 is 1.87 bits per heavy atom. The maximum Gasteiger partial charge on any atom is 0.321 e. The summed E-state index contributed by atoms with van der Waals surface area (Å²) in [6.07, 6.45) is 0. The number of nitrogens with one attached hydrogen (secondary N) is 3. The zero-order valence-electron chi connectivity index (χ0n) is 12.8. The van der Waals surface area contributed by atoms with Crippen molar-refractivity contribution < 1.29 is 14.3 Å². The smallest absolute Gasteiger partial charge is 0.321 e. The second kappa shape index (κ2) is 8.33. The van der Waals surface area contributed by atoms with Crippen LogP contribution in [0.1, 0.15) is 20.8 Å². The number of carbonyl (C=O) groups excluding carboxylic acids is 2. The molecular weight excluding hydrogens is 361 g/mol. The van der Waals surface area contributed by atoms with Gasteiger partial charge in [0, 0.05) is 10.6 Å². The quantitative estimate of drug-likeness (QED) is 0.707. The molecule has 3 N–H and O–H groups in total. The van der Waals surface area contributed by atoms with E-state index < -0.39 is 17.5 Å². The highest BCUT2D eigenvalue weighted by atomic mass is 35.5. The van der Waals surface area contributed by atoms with Gasteiger partial charge in [-0.1, -0.05) is 23.2 Å². The molecule has 0 radical (unpaired) electrons. The van der Waals surface area contributed by atoms with Crippen molar-refractivity contribution >= 4 is 52.5 Å². The lowest BCUT2D eigenvalue weighted by molar-refractivity contribution is -0.121. The van der Waals surface area contributed by atoms with E-state index in [1.807, 2.05) is 20.8 Å². The third-order valence-corrected chi connectivity index (χ3v) is 2.96. The Bertz CT molecular complexity index is 618. The Labute approximate surface area is 149 Å². The monoisotopic (exact) mass is 377 g/mol. The van der Waals surface area contributed by atoms with Gasteiger partial charge in [0.15, 0.2) is 11.7 Å². The molecule has 126 valence electrons. The van der Waals surface area contributed by atoms with Crippen molar-refractivity contribution in [2.45, 2.75) is 26.3 Å². The van der Waals surface area contributed by atoms with Crippen LogP contribution in [0.25, 0.3) is 0 Å². The molecule has 1 aromatic rings. The second-order valence-corrected chi connectivity index (χ2v) is 6.82. The summed E-state index contributed by atoms with van der Waals surface area (Å²) in [7, 11) is 0. The molecule has 0 bridgehead atoms. The zero-order valence-corrected chi connectivity index (χ0v) is 15.2. The van der Waals surface area contributed by atoms with Crippen LogP contribution < -0.4 is 20.7 Å². The number of hydrogen-bond acceptors (Lipinski definition) is 4. The maximum absolute atomic E-state index is 11.7. The van der Waals surface area contributed by atoms with Crippen molar-refractivity contribution in [1.29, 1.82) is 0 Å². The van der Waals surface area contributed by atoms with Crippen LogP contribution >= 0.6 is 35.4 Å². The lowest BCUT2D eigenvalue weighted by Gasteiger charge is -2.20. The highest BCUT2D eigenvalue weighted by Gasteiger charge is 2.15. The highest BCUT2D eigenvalue weighted by molar-refractivity contribution is 7.80. The highest BCUT2D eigenvalue weighted by Crippen LogP contribution is 2.27. The molecule has 0 aromatic heterocycles. The average molecular weight is 378 g/mol. The van der Waals surface area contributed by atoms with E-state index in [2.05, 4.69) is 16.0 Å². The van der Waals surface area contributed by atoms with Gasteiger partial charge in [-0.2, -0.15) is 0 Å². The first-order valence-corrected chi connectivity index (χ1v) is 7.74. The topological polar surface area (TPSA) is 79.5 Å². The van der Waals surface area contributed by atoms with Crippen LogP contribution in [0.3, 0.4) is 0 Å². The Hall–Kier alpha value is -1.57. The number of ether oxygens (including phenoxy) is 1. The Morgan fingerprint density at radius 1 is 1.22 bits per heavy atom. The Morgan fingerprint density at radius 3 is 2.43 bits per heavy atom. The summed E-state index contributed by atoms with van der Waals surface area (Å²) < 4.78 is 5.25. The molecular formula is C14H17Cl2N3O3S. The third-order valence-electron chi connectivity index (χ3n) is 2.22. The summed E-state index contributed by atoms with van der Waals surface area (Å²) in [6.45, 7) is 5.14. The van der Waals surface area contributed by atoms with Crippen LogP contribution in [-0.2, 0) is 4.79 Å². The largest absolute Gasteiger partial charge is 0.482 e. The van der Waals surface area contributed by atoms with E-state index in [9.17, 15) is 9.59 Å². The molecule has 0 heterocycles. The van der Waals surface area contributed by atoms with E-state index >= 15 is 0 Å². The van der Waals surface area contributed by atoms with Crippen LogP contribution in [0.4, 0.5) is 4.79 Å². The SMILES string of the molecule is CC(C)(C)NC(=O)NC(=S)NC(=O)COc1ccc(Cl)cc1Cl. The minimum absolute atomic E-state index is 0.123. The minimum Gasteiger partial charge on any atom is -0.482 e. The first-order chi connectivity index (χ1) is 10.6. The Kier molecular flexibility index (Phi) is 7.05. The van der Waals surface area contributed by atoms with E-state index in [-0.39, 0.29) is 16.7 Å². The molecule has 1 rings (SSSR count). The summed E-state index contributed by atoms with van der Waals surface area (Å²) >= 11 is 16.5. The van der Waals surface area contributed by atoms with Gasteiger partial charge in [-0.05, 0) is 51.2 Å². The van der Waals surface area contributed by atoms with Crippen molar-refractivity contribution in [2.75, 3.05) is 6.61 Å². The molecule has 1 aromatic carbocycles. The van der Waals surface area contributed by atoms with E-state index in [0.717, 1.165) is 0 Å². The van der Waals surface area contributed by atoms with Gasteiger partial charge in [0.2, 0.25) is 0 Å². The summed E-state index contributed by atoms with van der Waals surface area (Å²) in [5.74, 6) is -0.215. The molecule has 0 aliphatic rings. The van der Waals surface area contributed by atoms with Gasteiger partial charge in [-0.25, -0.2) is 4.79 Å². The summed E-state index contributed by atoms with van der Waals surface area (Å²) in [5, 5.41) is 7.93. The van der Waals surface area contributed by atoms with Crippen LogP contribution in [0.2, 0.25) is 10.0 Å². The average Bonchev–Trinajstić information content (AvgIpc) is 2.34. The molecule has 0 spiro atoms. The number of rotatable bonds is 3. The predicted molar refractivity (Wildman–Crippen MR) is 94.1 cm³/mol. The van der Waals surface area contributed by atoms with Crippen molar-refractivity contribution in [3.63, 3.8) is 0 Å². The van der Waals surface area contributed by atoms with Gasteiger partial charge in [-0.15, -0.1) is 0 Å². The van der Waals surface area contributed by atoms with E-state index in [1.54, 1.807) is 12.1 Å². The minimum atomic E-state index is -0.530. The molecule has 23 heavy (non-hydrogen) atoms. The lowest BCUT2D eigenvalue weighted by atomic mass is 10.1. The summed E-state index contributed by atoms with van der Waals surface area (Å²) in [6, 6.07) is 4.12. The van der Waals surface area contributed by atoms with Gasteiger partial charge in [0.05, 0.1) is 5.02 Å². The normalized spacial score (nSPS) is 10.7. The van der Waals surface area contributed by atoms with Gasteiger partial charge < -0.3 is 10.1 Å². The summed E-state index contributed by atoms with van der Waals surface area (Å²) in [4.78, 5) is 23.3. The fourth-order valence-electron chi connectivity index (χ4n) is 1.40. The molecule has 0 saturated heterocycles. The number of benzene rings is 1. The number of urea groups is 1. The van der Waals surface area contributed by atoms with Crippen LogP contribution in [-0.4, -0.2) is 29.2 Å². The van der Waals surface area contributed by atoms with E-state index in [0.29, 0.717) is 10.8 Å². The van der Waals surface area contributed by atoms with Gasteiger partial charge in [-0.3, -0.25) is 15.4 Å². The molecule has 0 atom stereocenters. The third kappa shape index (κ3) is 8.01. The van der Waals surface area contributed by atoms with Crippen molar-refractivity contribution in [2.24, 2.45) is 0 Å². The number of carbonyl (C=O) groups is 2. The summed E-state index contributed by atoms with van der Waals surface area (Å²) in [5.41, 5.74) is -0.419. The lowest BCUT2D eigenvalue weighted by Crippen LogP contribution is -2.52. The molecule has 0 aliphatic heterocycles. The molecule has 9 heteroatoms. The first kappa shape index (κ1) is 19.5. The standard InChI is InChI=1S/C14H17Cl2N3O3S/c1-14(2,3)19-12(21)18-13(23)17-11(20)7-22-10-5-4-8(15)6-9(10)16/h4-6H,7H2,1-3H3,(H3,17,18,19,20,21,23). The number of thiocarbonyl (C=S) groups is 1. The molecule has 0 aliphatic carbocycles. The van der Waals surface area contributed by atoms with Crippen molar-refractivity contribution in [3.8, 4) is 5.75 Å². The fourth-order valence-corrected chi connectivity index (χ4v) is 2.07. The molecule has 0 saturated carbocycles. The Balaban J connectivity index is 2.41. The number of halogens is 2. The molecule has 0 fully saturated rings. The predicted octanol–water partition coefficient (Wildman–Crippen LogP) is 2.87. The molecule has 6 nitrogen and oxygen atoms in total. The zero-order chi connectivity index (χ0) is 17.6.